The molecule has 0 amide bonds. The summed E-state index contributed by atoms with van der Waals surface area (Å²) < 4.78 is 14.6. The van der Waals surface area contributed by atoms with Crippen molar-refractivity contribution in [3.05, 3.63) is 42.0 Å². The second kappa shape index (κ2) is 5.67. The molecule has 0 spiro atoms. The summed E-state index contributed by atoms with van der Waals surface area (Å²) in [5.74, 6) is 1.88. The number of aryl methyl sites for hydroxylation is 1. The first kappa shape index (κ1) is 17.7. The van der Waals surface area contributed by atoms with E-state index in [-0.39, 0.29) is 23.7 Å². The molecule has 1 saturated heterocycles. The van der Waals surface area contributed by atoms with Crippen LogP contribution in [0.2, 0.25) is 0 Å². The van der Waals surface area contributed by atoms with E-state index in [1.807, 2.05) is 6.33 Å². The monoisotopic (exact) mass is 354 g/mol. The normalized spacial score (nSPS) is 29.6. The molecule has 2 fully saturated rings. The Hall–Kier alpha value is -1.66. The number of nitrogens with one attached hydrogen (secondary N) is 1. The second-order valence-electron chi connectivity index (χ2n) is 9.13. The molecule has 1 aliphatic carbocycles. The Bertz CT molecular complexity index is 808. The number of aromatic nitrogens is 3. The molecule has 138 valence electrons. The molecule has 1 aliphatic heterocycles. The van der Waals surface area contributed by atoms with Gasteiger partial charge >= 0.3 is 7.12 Å². The van der Waals surface area contributed by atoms with Crippen molar-refractivity contribution in [1.29, 1.82) is 0 Å². The highest BCUT2D eigenvalue weighted by atomic mass is 16.7. The van der Waals surface area contributed by atoms with Crippen LogP contribution in [0.15, 0.2) is 30.6 Å². The summed E-state index contributed by atoms with van der Waals surface area (Å²) >= 11 is 0. The molecule has 6 heteroatoms. The number of benzene rings is 1. The van der Waals surface area contributed by atoms with Crippen LogP contribution in [-0.4, -0.2) is 28.5 Å². The Morgan fingerprint density at radius 2 is 1.81 bits per heavy atom. The van der Waals surface area contributed by atoms with Gasteiger partial charge in [0.05, 0.1) is 23.7 Å². The van der Waals surface area contributed by atoms with E-state index in [0.29, 0.717) is 5.92 Å². The van der Waals surface area contributed by atoms with Crippen molar-refractivity contribution < 1.29 is 13.9 Å². The lowest BCUT2D eigenvalue weighted by Crippen LogP contribution is -2.50. The quantitative estimate of drug-likeness (QED) is 0.680. The smallest absolute Gasteiger partial charge is 0.399 e. The molecular formula is C20H29BN3O2+. The first-order valence-electron chi connectivity index (χ1n) is 9.50. The Morgan fingerprint density at radius 3 is 2.35 bits per heavy atom. The van der Waals surface area contributed by atoms with Gasteiger partial charge in [-0.25, -0.2) is 4.57 Å². The van der Waals surface area contributed by atoms with Gasteiger partial charge in [0, 0.05) is 5.10 Å². The van der Waals surface area contributed by atoms with E-state index in [1.54, 1.807) is 0 Å². The average molecular weight is 354 g/mol. The van der Waals surface area contributed by atoms with Gasteiger partial charge in [-0.1, -0.05) is 31.2 Å². The van der Waals surface area contributed by atoms with Gasteiger partial charge in [-0.05, 0) is 57.5 Å². The van der Waals surface area contributed by atoms with Gasteiger partial charge in [-0.15, -0.1) is 5.10 Å². The van der Waals surface area contributed by atoms with E-state index in [2.05, 4.69) is 80.7 Å². The van der Waals surface area contributed by atoms with Gasteiger partial charge in [0.25, 0.3) is 6.33 Å². The van der Waals surface area contributed by atoms with E-state index in [4.69, 9.17) is 9.31 Å². The zero-order valence-electron chi connectivity index (χ0n) is 16.7. The zero-order chi connectivity index (χ0) is 18.7. The van der Waals surface area contributed by atoms with Crippen LogP contribution in [0, 0.1) is 5.92 Å². The topological polar surface area (TPSA) is 51.0 Å². The highest BCUT2D eigenvalue weighted by molar-refractivity contribution is 6.62. The molecular weight excluding hydrogens is 325 g/mol. The first-order valence-corrected chi connectivity index (χ1v) is 9.50. The van der Waals surface area contributed by atoms with Crippen molar-refractivity contribution in [3.8, 4) is 0 Å². The fraction of sp³-hybridized carbons (Fsp3) is 0.600. The Balaban J connectivity index is 1.71. The fourth-order valence-corrected chi connectivity index (χ4v) is 4.42. The highest BCUT2D eigenvalue weighted by Gasteiger charge is 2.53. The van der Waals surface area contributed by atoms with Crippen molar-refractivity contribution in [1.82, 2.24) is 10.2 Å². The number of nitrogens with zero attached hydrogens (tertiary/aromatic N) is 2. The van der Waals surface area contributed by atoms with Crippen LogP contribution in [0.4, 0.5) is 0 Å². The molecule has 1 N–H and O–H groups in total. The van der Waals surface area contributed by atoms with Gasteiger partial charge in [-0.3, -0.25) is 0 Å². The third-order valence-electron chi connectivity index (χ3n) is 6.57. The summed E-state index contributed by atoms with van der Waals surface area (Å²) in [5.41, 5.74) is 1.73. The number of hydrogen-bond acceptors (Lipinski definition) is 3. The van der Waals surface area contributed by atoms with E-state index < -0.39 is 0 Å². The first-order chi connectivity index (χ1) is 12.1. The maximum absolute atomic E-state index is 6.26. The predicted molar refractivity (Wildman–Crippen MR) is 101 cm³/mol. The highest BCUT2D eigenvalue weighted by Crippen LogP contribution is 2.50. The molecule has 0 bridgehead atoms. The molecule has 5 nitrogen and oxygen atoms in total. The van der Waals surface area contributed by atoms with Crippen molar-refractivity contribution in [2.75, 3.05) is 0 Å². The molecule has 26 heavy (non-hydrogen) atoms. The van der Waals surface area contributed by atoms with Gasteiger partial charge in [-0.2, -0.15) is 0 Å². The van der Waals surface area contributed by atoms with Gasteiger partial charge in [0.15, 0.2) is 0 Å². The lowest BCUT2D eigenvalue weighted by Gasteiger charge is -2.44. The minimum Gasteiger partial charge on any atom is -0.399 e. The van der Waals surface area contributed by atoms with Gasteiger partial charge in [0.2, 0.25) is 5.82 Å². The number of H-pyrrole nitrogens is 1. The number of rotatable bonds is 3. The summed E-state index contributed by atoms with van der Waals surface area (Å²) in [6, 6.07) is 8.71. The molecule has 2 heterocycles. The third-order valence-corrected chi connectivity index (χ3v) is 6.57. The van der Waals surface area contributed by atoms with Crippen molar-refractivity contribution in [2.45, 2.75) is 64.1 Å². The van der Waals surface area contributed by atoms with Crippen LogP contribution >= 0.6 is 0 Å². The van der Waals surface area contributed by atoms with Crippen molar-refractivity contribution >= 4 is 12.6 Å². The van der Waals surface area contributed by atoms with Crippen LogP contribution in [0.1, 0.15) is 58.8 Å². The minimum atomic E-state index is -0.329. The molecule has 0 unspecified atom stereocenters. The number of aromatic amines is 1. The summed E-state index contributed by atoms with van der Waals surface area (Å²) in [6.45, 7) is 10.7. The number of hydrogen-bond donors (Lipinski definition) is 1. The van der Waals surface area contributed by atoms with E-state index in [9.17, 15) is 0 Å². The lowest BCUT2D eigenvalue weighted by atomic mass is 9.58. The summed E-state index contributed by atoms with van der Waals surface area (Å²) in [6.07, 6.45) is 4.09. The Kier molecular flexibility index (Phi) is 3.87. The predicted octanol–water partition coefficient (Wildman–Crippen LogP) is 2.25. The Labute approximate surface area is 156 Å². The minimum absolute atomic E-state index is 0.00961. The Morgan fingerprint density at radius 1 is 1.15 bits per heavy atom. The third kappa shape index (κ3) is 2.54. The zero-order valence-corrected chi connectivity index (χ0v) is 16.7. The molecule has 2 aromatic rings. The summed E-state index contributed by atoms with van der Waals surface area (Å²) in [4.78, 5) is 0. The van der Waals surface area contributed by atoms with Gasteiger partial charge in [0.1, 0.15) is 0 Å². The molecule has 0 atom stereocenters. The molecule has 1 aromatic heterocycles. The van der Waals surface area contributed by atoms with E-state index >= 15 is 0 Å². The summed E-state index contributed by atoms with van der Waals surface area (Å²) in [5, 5.41) is 7.48. The standard InChI is InChI=1S/C20H28BN3O2/c1-14-11-20(12-14,17-23-22-13-24(17)6)15-8-7-9-16(10-15)21-25-18(2,3)19(4,5)26-21/h7-10,13-14H,11-12H2,1-6H3/p+1. The second-order valence-corrected chi connectivity index (χ2v) is 9.13. The van der Waals surface area contributed by atoms with Crippen molar-refractivity contribution in [3.63, 3.8) is 0 Å². The maximum atomic E-state index is 6.26. The molecule has 0 radical (unpaired) electrons. The largest absolute Gasteiger partial charge is 0.494 e. The molecule has 4 rings (SSSR count). The molecule has 2 aliphatic rings. The van der Waals surface area contributed by atoms with Gasteiger partial charge < -0.3 is 9.31 Å². The van der Waals surface area contributed by atoms with Crippen LogP contribution in [0.25, 0.3) is 0 Å². The van der Waals surface area contributed by atoms with E-state index in [0.717, 1.165) is 18.3 Å². The maximum Gasteiger partial charge on any atom is 0.494 e. The average Bonchev–Trinajstić information content (AvgIpc) is 3.05. The van der Waals surface area contributed by atoms with Crippen LogP contribution in [0.3, 0.4) is 0 Å². The molecule has 1 aromatic carbocycles. The van der Waals surface area contributed by atoms with E-state index in [1.165, 1.54) is 11.4 Å². The SMILES string of the molecule is CC1CC(c2cccc(B3OC(C)(C)C(C)(C)O3)c2)(c2[nH]nc[n+]2C)C1. The summed E-state index contributed by atoms with van der Waals surface area (Å²) in [7, 11) is 1.73. The molecule has 1 saturated carbocycles. The fourth-order valence-electron chi connectivity index (χ4n) is 4.42. The van der Waals surface area contributed by atoms with Crippen LogP contribution in [-0.2, 0) is 21.8 Å². The van der Waals surface area contributed by atoms with Crippen molar-refractivity contribution in [2.24, 2.45) is 13.0 Å². The van der Waals surface area contributed by atoms with Crippen LogP contribution in [0.5, 0.6) is 0 Å². The van der Waals surface area contributed by atoms with Crippen LogP contribution < -0.4 is 10.0 Å². The lowest BCUT2D eigenvalue weighted by molar-refractivity contribution is -0.683.